The number of H-pyrrole nitrogens is 1. The van der Waals surface area contributed by atoms with Gasteiger partial charge in [-0.3, -0.25) is 0 Å². The molecule has 0 amide bonds. The number of imidazole rings is 1. The van der Waals surface area contributed by atoms with Gasteiger partial charge in [-0.05, 0) is 11.6 Å². The summed E-state index contributed by atoms with van der Waals surface area (Å²) in [6, 6.07) is 0. The molecule has 0 aliphatic heterocycles. The molecule has 2 rings (SSSR count). The molecule has 0 saturated carbocycles. The smallest absolute Gasteiger partial charge is 0.203 e. The molecule has 0 fully saturated rings. The number of aromatic amines is 1. The summed E-state index contributed by atoms with van der Waals surface area (Å²) in [4.78, 5) is 14.3. The van der Waals surface area contributed by atoms with Gasteiger partial charge in [-0.2, -0.15) is 4.98 Å². The van der Waals surface area contributed by atoms with Crippen LogP contribution in [0.4, 0.5) is 5.82 Å². The molecule has 0 bridgehead atoms. The quantitative estimate of drug-likeness (QED) is 0.605. The van der Waals surface area contributed by atoms with E-state index in [1.165, 1.54) is 6.20 Å². The molecule has 56 valence electrons. The summed E-state index contributed by atoms with van der Waals surface area (Å²) in [5.74, 6) is 0.345. The Morgan fingerprint density at radius 3 is 3.09 bits per heavy atom. The third kappa shape index (κ3) is 0.988. The molecule has 5 nitrogen and oxygen atoms in total. The molecule has 0 aromatic carbocycles. The van der Waals surface area contributed by atoms with Crippen LogP contribution < -0.4 is 5.73 Å². The Hall–Kier alpha value is -1.36. The molecule has 2 aromatic rings. The first-order valence-corrected chi connectivity index (χ1v) is 3.27. The van der Waals surface area contributed by atoms with Crippen molar-refractivity contribution in [2.45, 2.75) is 0 Å². The van der Waals surface area contributed by atoms with Gasteiger partial charge in [-0.1, -0.05) is 0 Å². The highest BCUT2D eigenvalue weighted by Gasteiger charge is 2.01. The molecule has 0 aliphatic carbocycles. The first-order valence-electron chi connectivity index (χ1n) is 2.89. The number of fused-ring (bicyclic) bond motifs is 1. The van der Waals surface area contributed by atoms with E-state index >= 15 is 0 Å². The average Bonchev–Trinajstić information content (AvgIpc) is 2.27. The lowest BCUT2D eigenvalue weighted by molar-refractivity contribution is 1.26. The van der Waals surface area contributed by atoms with Crippen molar-refractivity contribution in [1.82, 2.24) is 19.9 Å². The third-order valence-corrected chi connectivity index (χ3v) is 1.38. The number of nitrogens with two attached hydrogens (primary N) is 1. The Morgan fingerprint density at radius 1 is 1.45 bits per heavy atom. The van der Waals surface area contributed by atoms with Crippen LogP contribution in [0.3, 0.4) is 0 Å². The van der Waals surface area contributed by atoms with Crippen molar-refractivity contribution in [2.75, 3.05) is 5.73 Å². The Balaban J connectivity index is 2.82. The van der Waals surface area contributed by atoms with Crippen molar-refractivity contribution in [3.63, 3.8) is 0 Å². The Morgan fingerprint density at radius 2 is 2.27 bits per heavy atom. The second-order valence-electron chi connectivity index (χ2n) is 1.99. The van der Waals surface area contributed by atoms with E-state index in [9.17, 15) is 0 Å². The average molecular weight is 170 g/mol. The number of anilines is 1. The van der Waals surface area contributed by atoms with Gasteiger partial charge in [0.15, 0.2) is 11.3 Å². The molecule has 3 N–H and O–H groups in total. The molecule has 0 aliphatic rings. The zero-order chi connectivity index (χ0) is 7.84. The van der Waals surface area contributed by atoms with E-state index in [1.54, 1.807) is 0 Å². The zero-order valence-electron chi connectivity index (χ0n) is 5.37. The van der Waals surface area contributed by atoms with Crippen LogP contribution >= 0.6 is 11.6 Å². The van der Waals surface area contributed by atoms with E-state index in [0.29, 0.717) is 17.1 Å². The van der Waals surface area contributed by atoms with Gasteiger partial charge in [0.25, 0.3) is 0 Å². The molecule has 11 heavy (non-hydrogen) atoms. The minimum atomic E-state index is 0.269. The van der Waals surface area contributed by atoms with Crippen LogP contribution in [-0.4, -0.2) is 19.9 Å². The first kappa shape index (κ1) is 6.36. The lowest BCUT2D eigenvalue weighted by Crippen LogP contribution is -1.91. The highest BCUT2D eigenvalue weighted by Crippen LogP contribution is 2.10. The fraction of sp³-hybridized carbons (Fsp3) is 0. The number of aromatic nitrogens is 4. The maximum atomic E-state index is 5.55. The molecule has 2 aromatic heterocycles. The minimum Gasteiger partial charge on any atom is -0.382 e. The number of nitrogen functional groups attached to an aromatic ring is 1. The molecule has 0 saturated heterocycles. The predicted molar refractivity (Wildman–Crippen MR) is 41.1 cm³/mol. The predicted octanol–water partition coefficient (Wildman–Crippen LogP) is 0.589. The molecule has 0 unspecified atom stereocenters. The Labute approximate surface area is 66.6 Å². The molecule has 0 atom stereocenters. The van der Waals surface area contributed by atoms with Gasteiger partial charge in [0, 0.05) is 0 Å². The van der Waals surface area contributed by atoms with E-state index in [0.717, 1.165) is 0 Å². The topological polar surface area (TPSA) is 80.5 Å². The number of hydrogen-bond donors (Lipinski definition) is 2. The summed E-state index contributed by atoms with van der Waals surface area (Å²) in [5.41, 5.74) is 6.35. The van der Waals surface area contributed by atoms with Crippen LogP contribution in [0.2, 0.25) is 5.28 Å². The van der Waals surface area contributed by atoms with Gasteiger partial charge in [-0.25, -0.2) is 9.97 Å². The van der Waals surface area contributed by atoms with Crippen LogP contribution in [0.15, 0.2) is 6.20 Å². The molecular formula is C5H4ClN5. The standard InChI is InChI=1S/C5H4ClN5/c6-5-10-3-4(11-5)9-2(7)1-8-3/h1H,(H3,7,8,9,10,11). The maximum absolute atomic E-state index is 5.55. The number of hydrogen-bond acceptors (Lipinski definition) is 4. The van der Waals surface area contributed by atoms with Crippen LogP contribution in [0.1, 0.15) is 0 Å². The van der Waals surface area contributed by atoms with Gasteiger partial charge >= 0.3 is 0 Å². The number of rotatable bonds is 0. The molecule has 6 heteroatoms. The molecule has 2 heterocycles. The first-order chi connectivity index (χ1) is 5.25. The van der Waals surface area contributed by atoms with Crippen LogP contribution in [0.25, 0.3) is 11.3 Å². The zero-order valence-corrected chi connectivity index (χ0v) is 6.13. The van der Waals surface area contributed by atoms with Gasteiger partial charge in [0.1, 0.15) is 5.82 Å². The highest BCUT2D eigenvalue weighted by atomic mass is 35.5. The lowest BCUT2D eigenvalue weighted by Gasteiger charge is -1.87. The summed E-state index contributed by atoms with van der Waals surface area (Å²) in [6.45, 7) is 0. The van der Waals surface area contributed by atoms with Crippen molar-refractivity contribution in [2.24, 2.45) is 0 Å². The van der Waals surface area contributed by atoms with Crippen molar-refractivity contribution >= 4 is 28.7 Å². The minimum absolute atomic E-state index is 0.269. The van der Waals surface area contributed by atoms with E-state index in [2.05, 4.69) is 19.9 Å². The molecular weight excluding hydrogens is 166 g/mol. The fourth-order valence-electron chi connectivity index (χ4n) is 0.781. The largest absolute Gasteiger partial charge is 0.382 e. The van der Waals surface area contributed by atoms with Gasteiger partial charge < -0.3 is 10.7 Å². The van der Waals surface area contributed by atoms with Crippen molar-refractivity contribution < 1.29 is 0 Å². The van der Waals surface area contributed by atoms with Crippen LogP contribution in [-0.2, 0) is 0 Å². The van der Waals surface area contributed by atoms with E-state index in [1.807, 2.05) is 0 Å². The summed E-state index contributed by atoms with van der Waals surface area (Å²) in [7, 11) is 0. The number of nitrogens with one attached hydrogen (secondary N) is 1. The summed E-state index contributed by atoms with van der Waals surface area (Å²) >= 11 is 5.55. The van der Waals surface area contributed by atoms with E-state index < -0.39 is 0 Å². The maximum Gasteiger partial charge on any atom is 0.203 e. The van der Waals surface area contributed by atoms with Gasteiger partial charge in [-0.15, -0.1) is 0 Å². The number of nitrogens with zero attached hydrogens (tertiary/aromatic N) is 3. The SMILES string of the molecule is Nc1cnc2nc(Cl)[nH]c2n1. The van der Waals surface area contributed by atoms with Gasteiger partial charge in [0.05, 0.1) is 6.20 Å². The summed E-state index contributed by atoms with van der Waals surface area (Å²) in [5, 5.41) is 0.269. The van der Waals surface area contributed by atoms with Crippen molar-refractivity contribution in [1.29, 1.82) is 0 Å². The molecule has 0 radical (unpaired) electrons. The monoisotopic (exact) mass is 169 g/mol. The normalized spacial score (nSPS) is 10.6. The second-order valence-corrected chi connectivity index (χ2v) is 2.35. The van der Waals surface area contributed by atoms with Crippen LogP contribution in [0.5, 0.6) is 0 Å². The van der Waals surface area contributed by atoms with Crippen LogP contribution in [0, 0.1) is 0 Å². The van der Waals surface area contributed by atoms with Crippen molar-refractivity contribution in [3.8, 4) is 0 Å². The molecule has 0 spiro atoms. The van der Waals surface area contributed by atoms with Gasteiger partial charge in [0.2, 0.25) is 5.28 Å². The highest BCUT2D eigenvalue weighted by molar-refractivity contribution is 6.28. The van der Waals surface area contributed by atoms with Crippen molar-refractivity contribution in [3.05, 3.63) is 11.5 Å². The van der Waals surface area contributed by atoms with E-state index in [-0.39, 0.29) is 5.28 Å². The third-order valence-electron chi connectivity index (χ3n) is 1.20. The summed E-state index contributed by atoms with van der Waals surface area (Å²) < 4.78 is 0. The summed E-state index contributed by atoms with van der Waals surface area (Å²) in [6.07, 6.45) is 1.43. The second kappa shape index (κ2) is 2.06. The van der Waals surface area contributed by atoms with E-state index in [4.69, 9.17) is 17.3 Å². The lowest BCUT2D eigenvalue weighted by atomic mass is 10.6. The Kier molecular flexibility index (Phi) is 1.19. The fourth-order valence-corrected chi connectivity index (χ4v) is 0.950. The number of halogens is 1. The Bertz CT molecular complexity index is 395.